The molecule has 1 amide bonds. The van der Waals surface area contributed by atoms with Gasteiger partial charge in [0, 0.05) is 19.2 Å². The van der Waals surface area contributed by atoms with Crippen molar-refractivity contribution in [3.05, 3.63) is 65.2 Å². The van der Waals surface area contributed by atoms with Gasteiger partial charge < -0.3 is 24.2 Å². The summed E-state index contributed by atoms with van der Waals surface area (Å²) >= 11 is 0. The lowest BCUT2D eigenvalue weighted by molar-refractivity contribution is -0.140. The zero-order chi connectivity index (χ0) is 22.5. The van der Waals surface area contributed by atoms with Crippen LogP contribution in [0.2, 0.25) is 0 Å². The maximum Gasteiger partial charge on any atom is 0.295 e. The quantitative estimate of drug-likeness (QED) is 0.396. The molecule has 1 unspecified atom stereocenters. The largest absolute Gasteiger partial charge is 0.507 e. The Morgan fingerprint density at radius 2 is 1.61 bits per heavy atom. The second kappa shape index (κ2) is 9.66. The van der Waals surface area contributed by atoms with Gasteiger partial charge in [-0.2, -0.15) is 0 Å². The Bertz CT molecular complexity index is 963. The summed E-state index contributed by atoms with van der Waals surface area (Å²) in [5, 5.41) is 11.0. The van der Waals surface area contributed by atoms with Crippen molar-refractivity contribution in [2.75, 3.05) is 27.4 Å². The summed E-state index contributed by atoms with van der Waals surface area (Å²) in [5.41, 5.74) is 1.17. The molecule has 3 rings (SSSR count). The highest BCUT2D eigenvalue weighted by Gasteiger charge is 2.45. The van der Waals surface area contributed by atoms with Crippen molar-refractivity contribution in [2.24, 2.45) is 0 Å². The Labute approximate surface area is 181 Å². The number of methoxy groups -OCH3 is 2. The van der Waals surface area contributed by atoms with Crippen LogP contribution < -0.4 is 9.47 Å². The molecule has 1 fully saturated rings. The highest BCUT2D eigenvalue weighted by atomic mass is 16.5. The van der Waals surface area contributed by atoms with E-state index < -0.39 is 17.7 Å². The van der Waals surface area contributed by atoms with Crippen LogP contribution in [0.15, 0.2) is 54.1 Å². The van der Waals surface area contributed by atoms with E-state index in [0.717, 1.165) is 0 Å². The van der Waals surface area contributed by atoms with E-state index in [1.165, 1.54) is 12.0 Å². The smallest absolute Gasteiger partial charge is 0.295 e. The fourth-order valence-electron chi connectivity index (χ4n) is 3.55. The third-order valence-electron chi connectivity index (χ3n) is 5.01. The molecule has 1 aliphatic heterocycles. The summed E-state index contributed by atoms with van der Waals surface area (Å²) in [4.78, 5) is 27.1. The predicted octanol–water partition coefficient (Wildman–Crippen LogP) is 3.55. The van der Waals surface area contributed by atoms with Crippen molar-refractivity contribution in [1.29, 1.82) is 0 Å². The molecule has 1 saturated heterocycles. The number of benzene rings is 2. The molecule has 1 N–H and O–H groups in total. The molecule has 0 radical (unpaired) electrons. The molecule has 7 heteroatoms. The third-order valence-corrected chi connectivity index (χ3v) is 5.01. The van der Waals surface area contributed by atoms with Crippen LogP contribution in [0.3, 0.4) is 0 Å². The van der Waals surface area contributed by atoms with Crippen molar-refractivity contribution in [1.82, 2.24) is 4.90 Å². The first-order valence-electron chi connectivity index (χ1n) is 10.1. The van der Waals surface area contributed by atoms with Gasteiger partial charge in [-0.05, 0) is 55.8 Å². The summed E-state index contributed by atoms with van der Waals surface area (Å²) in [6, 6.07) is 13.1. The molecule has 164 valence electrons. The normalized spacial score (nSPS) is 18.0. The van der Waals surface area contributed by atoms with E-state index in [-0.39, 0.29) is 30.6 Å². The van der Waals surface area contributed by atoms with Gasteiger partial charge in [0.1, 0.15) is 17.3 Å². The Hall–Kier alpha value is -3.32. The van der Waals surface area contributed by atoms with Gasteiger partial charge in [0.15, 0.2) is 0 Å². The summed E-state index contributed by atoms with van der Waals surface area (Å²) in [6.07, 6.45) is 0.0215. The number of ketones is 1. The molecule has 2 aromatic carbocycles. The lowest BCUT2D eigenvalue weighted by Gasteiger charge is -2.25. The van der Waals surface area contributed by atoms with Gasteiger partial charge in [-0.15, -0.1) is 0 Å². The zero-order valence-corrected chi connectivity index (χ0v) is 18.1. The van der Waals surface area contributed by atoms with E-state index in [0.29, 0.717) is 22.6 Å². The Morgan fingerprint density at radius 1 is 1.00 bits per heavy atom. The van der Waals surface area contributed by atoms with Crippen LogP contribution in [-0.4, -0.2) is 55.2 Å². The second-order valence-electron chi connectivity index (χ2n) is 7.45. The number of likely N-dealkylation sites (tertiary alicyclic amines) is 1. The number of nitrogens with zero attached hydrogens (tertiary/aromatic N) is 1. The van der Waals surface area contributed by atoms with Crippen LogP contribution in [0.5, 0.6) is 11.5 Å². The minimum absolute atomic E-state index is 0.0215. The molecule has 1 heterocycles. The van der Waals surface area contributed by atoms with Crippen LogP contribution in [0.1, 0.15) is 31.0 Å². The molecule has 0 aromatic heterocycles. The average Bonchev–Trinajstić information content (AvgIpc) is 3.02. The summed E-state index contributed by atoms with van der Waals surface area (Å²) < 4.78 is 16.0. The van der Waals surface area contributed by atoms with Gasteiger partial charge in [-0.1, -0.05) is 12.1 Å². The molecular weight excluding hydrogens is 398 g/mol. The minimum Gasteiger partial charge on any atom is -0.507 e. The summed E-state index contributed by atoms with van der Waals surface area (Å²) in [6.45, 7) is 4.35. The predicted molar refractivity (Wildman–Crippen MR) is 116 cm³/mol. The monoisotopic (exact) mass is 425 g/mol. The topological polar surface area (TPSA) is 85.3 Å². The SMILES string of the molecule is COCCN1C(=O)C(=O)/C(=C(\O)c2ccc(OC)cc2)C1c1ccc(OC(C)C)cc1. The highest BCUT2D eigenvalue weighted by molar-refractivity contribution is 6.46. The van der Waals surface area contributed by atoms with Crippen molar-refractivity contribution in [3.63, 3.8) is 0 Å². The lowest BCUT2D eigenvalue weighted by atomic mass is 9.95. The molecule has 7 nitrogen and oxygen atoms in total. The van der Waals surface area contributed by atoms with Crippen LogP contribution >= 0.6 is 0 Å². The fourth-order valence-corrected chi connectivity index (χ4v) is 3.55. The molecule has 31 heavy (non-hydrogen) atoms. The van der Waals surface area contributed by atoms with Crippen molar-refractivity contribution in [2.45, 2.75) is 26.0 Å². The Morgan fingerprint density at radius 3 is 2.16 bits per heavy atom. The first-order chi connectivity index (χ1) is 14.9. The maximum atomic E-state index is 12.9. The number of carbonyl (C=O) groups is 2. The van der Waals surface area contributed by atoms with Gasteiger partial charge in [0.25, 0.3) is 11.7 Å². The van der Waals surface area contributed by atoms with E-state index in [1.807, 2.05) is 13.8 Å². The standard InChI is InChI=1S/C24H27NO6/c1-15(2)31-19-11-5-16(6-12-19)21-20(23(27)24(28)25(21)13-14-29-3)22(26)17-7-9-18(30-4)10-8-17/h5-12,15,21,26H,13-14H2,1-4H3/b22-20-. The number of hydrogen-bond acceptors (Lipinski definition) is 6. The Kier molecular flexibility index (Phi) is 6.97. The third kappa shape index (κ3) is 4.72. The van der Waals surface area contributed by atoms with Gasteiger partial charge >= 0.3 is 0 Å². The van der Waals surface area contributed by atoms with E-state index in [1.54, 1.807) is 55.6 Å². The molecule has 0 aliphatic carbocycles. The molecular formula is C24H27NO6. The number of aliphatic hydroxyl groups excluding tert-OH is 1. The number of amides is 1. The fraction of sp³-hybridized carbons (Fsp3) is 0.333. The van der Waals surface area contributed by atoms with Gasteiger partial charge in [0.2, 0.25) is 0 Å². The first-order valence-corrected chi connectivity index (χ1v) is 10.1. The van der Waals surface area contributed by atoms with Crippen LogP contribution in [-0.2, 0) is 14.3 Å². The molecule has 1 atom stereocenters. The van der Waals surface area contributed by atoms with E-state index in [2.05, 4.69) is 0 Å². The first kappa shape index (κ1) is 22.4. The lowest BCUT2D eigenvalue weighted by Crippen LogP contribution is -2.32. The molecule has 1 aliphatic rings. The number of ether oxygens (including phenoxy) is 3. The second-order valence-corrected chi connectivity index (χ2v) is 7.45. The van der Waals surface area contributed by atoms with Crippen molar-refractivity contribution < 1.29 is 28.9 Å². The van der Waals surface area contributed by atoms with Crippen molar-refractivity contribution in [3.8, 4) is 11.5 Å². The molecule has 2 aromatic rings. The molecule has 0 bridgehead atoms. The van der Waals surface area contributed by atoms with Crippen LogP contribution in [0, 0.1) is 0 Å². The number of Topliss-reactive ketones (excluding diaryl/α,β-unsaturated/α-hetero) is 1. The summed E-state index contributed by atoms with van der Waals surface area (Å²) in [5.74, 6) is -0.317. The van der Waals surface area contributed by atoms with Crippen LogP contribution in [0.25, 0.3) is 5.76 Å². The van der Waals surface area contributed by atoms with Gasteiger partial charge in [-0.3, -0.25) is 9.59 Å². The van der Waals surface area contributed by atoms with Crippen LogP contribution in [0.4, 0.5) is 0 Å². The van der Waals surface area contributed by atoms with E-state index in [9.17, 15) is 14.7 Å². The van der Waals surface area contributed by atoms with Gasteiger partial charge in [-0.25, -0.2) is 0 Å². The Balaban J connectivity index is 2.07. The summed E-state index contributed by atoms with van der Waals surface area (Å²) in [7, 11) is 3.07. The van der Waals surface area contributed by atoms with Gasteiger partial charge in [0.05, 0.1) is 31.4 Å². The maximum absolute atomic E-state index is 12.9. The number of hydrogen-bond donors (Lipinski definition) is 1. The van der Waals surface area contributed by atoms with E-state index in [4.69, 9.17) is 14.2 Å². The molecule has 0 spiro atoms. The number of aliphatic hydroxyl groups is 1. The number of carbonyl (C=O) groups excluding carboxylic acids is 2. The highest BCUT2D eigenvalue weighted by Crippen LogP contribution is 2.39. The minimum atomic E-state index is -0.731. The number of rotatable bonds is 8. The van der Waals surface area contributed by atoms with E-state index >= 15 is 0 Å². The average molecular weight is 425 g/mol. The molecule has 0 saturated carbocycles. The van der Waals surface area contributed by atoms with Crippen molar-refractivity contribution >= 4 is 17.4 Å². The zero-order valence-electron chi connectivity index (χ0n) is 18.1.